The first-order valence-electron chi connectivity index (χ1n) is 4.09. The second-order valence-electron chi connectivity index (χ2n) is 2.68. The average molecular weight is 296 g/mol. The quantitative estimate of drug-likeness (QED) is 0.638. The van der Waals surface area contributed by atoms with Gasteiger partial charge in [0.05, 0.1) is 6.61 Å². The van der Waals surface area contributed by atoms with Crippen molar-refractivity contribution < 1.29 is 17.2 Å². The van der Waals surface area contributed by atoms with Crippen LogP contribution in [0.15, 0.2) is 28.7 Å². The molecular formula is C8H10BrNO4S. The van der Waals surface area contributed by atoms with Gasteiger partial charge in [-0.05, 0) is 24.3 Å². The van der Waals surface area contributed by atoms with E-state index in [0.29, 0.717) is 6.54 Å². The van der Waals surface area contributed by atoms with Crippen molar-refractivity contribution in [2.45, 2.75) is 0 Å². The highest BCUT2D eigenvalue weighted by Crippen LogP contribution is 2.13. The van der Waals surface area contributed by atoms with E-state index in [1.807, 2.05) is 24.3 Å². The van der Waals surface area contributed by atoms with Crippen LogP contribution in [0.4, 0.5) is 5.69 Å². The second-order valence-corrected chi connectivity index (χ2v) is 4.69. The van der Waals surface area contributed by atoms with Crippen molar-refractivity contribution in [3.8, 4) is 0 Å². The lowest BCUT2D eigenvalue weighted by atomic mass is 10.3. The molecule has 0 saturated carbocycles. The number of rotatable bonds is 5. The maximum atomic E-state index is 10.2. The van der Waals surface area contributed by atoms with E-state index in [2.05, 4.69) is 25.4 Å². The van der Waals surface area contributed by atoms with Crippen LogP contribution >= 0.6 is 15.9 Å². The van der Waals surface area contributed by atoms with Crippen molar-refractivity contribution in [2.75, 3.05) is 18.5 Å². The van der Waals surface area contributed by atoms with Crippen LogP contribution < -0.4 is 5.32 Å². The van der Waals surface area contributed by atoms with Gasteiger partial charge in [-0.3, -0.25) is 4.55 Å². The SMILES string of the molecule is O=S(=O)(O)OCCNc1ccc(Br)cc1. The molecule has 0 heterocycles. The molecule has 2 N–H and O–H groups in total. The molecule has 1 aromatic rings. The Morgan fingerprint density at radius 2 is 1.93 bits per heavy atom. The Morgan fingerprint density at radius 3 is 2.47 bits per heavy atom. The molecule has 0 aliphatic heterocycles. The lowest BCUT2D eigenvalue weighted by Crippen LogP contribution is -2.13. The first-order chi connectivity index (χ1) is 6.97. The van der Waals surface area contributed by atoms with Gasteiger partial charge in [0, 0.05) is 16.7 Å². The number of anilines is 1. The predicted octanol–water partition coefficient (Wildman–Crippen LogP) is 1.68. The van der Waals surface area contributed by atoms with Gasteiger partial charge in [0.2, 0.25) is 0 Å². The molecule has 0 fully saturated rings. The molecule has 0 aromatic heterocycles. The Hall–Kier alpha value is -0.630. The fraction of sp³-hybridized carbons (Fsp3) is 0.250. The Kier molecular flexibility index (Phi) is 4.52. The van der Waals surface area contributed by atoms with Crippen molar-refractivity contribution >= 4 is 32.0 Å². The summed E-state index contributed by atoms with van der Waals surface area (Å²) in [6.07, 6.45) is 0. The zero-order valence-corrected chi connectivity index (χ0v) is 10.1. The molecule has 0 spiro atoms. The van der Waals surface area contributed by atoms with E-state index in [1.54, 1.807) is 0 Å². The third-order valence-electron chi connectivity index (χ3n) is 1.51. The zero-order chi connectivity index (χ0) is 11.3. The number of hydrogen-bond donors (Lipinski definition) is 2. The molecule has 0 atom stereocenters. The van der Waals surface area contributed by atoms with Crippen LogP contribution in [-0.4, -0.2) is 26.1 Å². The summed E-state index contributed by atoms with van der Waals surface area (Å²) in [6, 6.07) is 7.37. The van der Waals surface area contributed by atoms with Gasteiger partial charge >= 0.3 is 10.4 Å². The van der Waals surface area contributed by atoms with Gasteiger partial charge in [0.15, 0.2) is 0 Å². The summed E-state index contributed by atoms with van der Waals surface area (Å²) >= 11 is 3.29. The van der Waals surface area contributed by atoms with Crippen LogP contribution in [0.1, 0.15) is 0 Å². The highest BCUT2D eigenvalue weighted by molar-refractivity contribution is 9.10. The normalized spacial score (nSPS) is 11.3. The van der Waals surface area contributed by atoms with Crippen molar-refractivity contribution in [1.29, 1.82) is 0 Å². The monoisotopic (exact) mass is 295 g/mol. The predicted molar refractivity (Wildman–Crippen MR) is 60.1 cm³/mol. The Balaban J connectivity index is 2.29. The van der Waals surface area contributed by atoms with Gasteiger partial charge in [-0.2, -0.15) is 8.42 Å². The van der Waals surface area contributed by atoms with Gasteiger partial charge in [0.25, 0.3) is 0 Å². The summed E-state index contributed by atoms with van der Waals surface area (Å²) in [5.74, 6) is 0. The van der Waals surface area contributed by atoms with Gasteiger partial charge in [-0.25, -0.2) is 4.18 Å². The third-order valence-corrected chi connectivity index (χ3v) is 2.50. The summed E-state index contributed by atoms with van der Waals surface area (Å²) in [4.78, 5) is 0. The van der Waals surface area contributed by atoms with Crippen molar-refractivity contribution in [1.82, 2.24) is 0 Å². The van der Waals surface area contributed by atoms with E-state index in [0.717, 1.165) is 10.2 Å². The largest absolute Gasteiger partial charge is 0.397 e. The van der Waals surface area contributed by atoms with Crippen LogP contribution in [0.25, 0.3) is 0 Å². The third kappa shape index (κ3) is 5.73. The molecule has 5 nitrogen and oxygen atoms in total. The lowest BCUT2D eigenvalue weighted by molar-refractivity contribution is 0.278. The first kappa shape index (κ1) is 12.4. The zero-order valence-electron chi connectivity index (χ0n) is 7.68. The second kappa shape index (κ2) is 5.45. The van der Waals surface area contributed by atoms with Gasteiger partial charge in [0.1, 0.15) is 0 Å². The molecule has 15 heavy (non-hydrogen) atoms. The molecular weight excluding hydrogens is 286 g/mol. The van der Waals surface area contributed by atoms with Crippen LogP contribution in [0.5, 0.6) is 0 Å². The summed E-state index contributed by atoms with van der Waals surface area (Å²) in [6.45, 7) is 0.177. The van der Waals surface area contributed by atoms with Gasteiger partial charge < -0.3 is 5.32 Å². The standard InChI is InChI=1S/C8H10BrNO4S/c9-7-1-3-8(4-2-7)10-5-6-14-15(11,12)13/h1-4,10H,5-6H2,(H,11,12,13). The average Bonchev–Trinajstić information content (AvgIpc) is 2.14. The number of benzene rings is 1. The summed E-state index contributed by atoms with van der Waals surface area (Å²) in [7, 11) is -4.33. The first-order valence-corrected chi connectivity index (χ1v) is 6.24. The van der Waals surface area contributed by atoms with E-state index in [-0.39, 0.29) is 6.61 Å². The molecule has 0 bridgehead atoms. The number of nitrogens with one attached hydrogen (secondary N) is 1. The molecule has 1 aromatic carbocycles. The van der Waals surface area contributed by atoms with Crippen LogP contribution in [0.2, 0.25) is 0 Å². The van der Waals surface area contributed by atoms with Crippen molar-refractivity contribution in [3.63, 3.8) is 0 Å². The number of halogens is 1. The van der Waals surface area contributed by atoms with Crippen LogP contribution in [0, 0.1) is 0 Å². The number of hydrogen-bond acceptors (Lipinski definition) is 4. The van der Waals surface area contributed by atoms with E-state index >= 15 is 0 Å². The van der Waals surface area contributed by atoms with Crippen molar-refractivity contribution in [3.05, 3.63) is 28.7 Å². The maximum Gasteiger partial charge on any atom is 0.397 e. The maximum absolute atomic E-state index is 10.2. The van der Waals surface area contributed by atoms with Gasteiger partial charge in [-0.1, -0.05) is 15.9 Å². The van der Waals surface area contributed by atoms with Crippen LogP contribution in [0.3, 0.4) is 0 Å². The Labute approximate surface area is 96.5 Å². The van der Waals surface area contributed by atoms with Crippen molar-refractivity contribution in [2.24, 2.45) is 0 Å². The van der Waals surface area contributed by atoms with E-state index in [1.165, 1.54) is 0 Å². The summed E-state index contributed by atoms with van der Waals surface area (Å²) in [5.41, 5.74) is 0.845. The molecule has 0 aliphatic rings. The fourth-order valence-corrected chi connectivity index (χ4v) is 1.47. The highest BCUT2D eigenvalue weighted by Gasteiger charge is 2.02. The molecule has 0 saturated heterocycles. The minimum Gasteiger partial charge on any atom is -0.383 e. The topological polar surface area (TPSA) is 75.6 Å². The highest BCUT2D eigenvalue weighted by atomic mass is 79.9. The smallest absolute Gasteiger partial charge is 0.383 e. The minimum atomic E-state index is -4.33. The Bertz CT molecular complexity index is 403. The molecule has 7 heteroatoms. The minimum absolute atomic E-state index is 0.116. The summed E-state index contributed by atoms with van der Waals surface area (Å²) < 4.78 is 33.7. The van der Waals surface area contributed by atoms with E-state index in [4.69, 9.17) is 4.55 Å². The van der Waals surface area contributed by atoms with E-state index < -0.39 is 10.4 Å². The van der Waals surface area contributed by atoms with E-state index in [9.17, 15) is 8.42 Å². The Morgan fingerprint density at radius 1 is 1.33 bits per heavy atom. The van der Waals surface area contributed by atoms with Gasteiger partial charge in [-0.15, -0.1) is 0 Å². The molecule has 84 valence electrons. The molecule has 0 aliphatic carbocycles. The fourth-order valence-electron chi connectivity index (χ4n) is 0.910. The molecule has 1 rings (SSSR count). The summed E-state index contributed by atoms with van der Waals surface area (Å²) in [5, 5.41) is 2.92. The molecule has 0 amide bonds. The lowest BCUT2D eigenvalue weighted by Gasteiger charge is -2.05. The molecule has 0 radical (unpaired) electrons. The molecule has 0 unspecified atom stereocenters. The van der Waals surface area contributed by atoms with Crippen LogP contribution in [-0.2, 0) is 14.6 Å².